The quantitative estimate of drug-likeness (QED) is 0.517. The lowest BCUT2D eigenvalue weighted by molar-refractivity contribution is -0.143. The average molecular weight is 237 g/mol. The van der Waals surface area contributed by atoms with Gasteiger partial charge in [-0.2, -0.15) is 0 Å². The van der Waals surface area contributed by atoms with Crippen molar-refractivity contribution in [2.24, 2.45) is 0 Å². The van der Waals surface area contributed by atoms with E-state index in [0.29, 0.717) is 19.4 Å². The summed E-state index contributed by atoms with van der Waals surface area (Å²) >= 11 is 0. The molecule has 1 N–H and O–H groups in total. The lowest BCUT2D eigenvalue weighted by Crippen LogP contribution is -2.30. The first-order valence-electron chi connectivity index (χ1n) is 5.50. The van der Waals surface area contributed by atoms with E-state index >= 15 is 0 Å². The first-order chi connectivity index (χ1) is 8.13. The zero-order valence-electron chi connectivity index (χ0n) is 10.2. The van der Waals surface area contributed by atoms with Crippen LogP contribution in [0, 0.1) is 0 Å². The van der Waals surface area contributed by atoms with Gasteiger partial charge in [0.25, 0.3) is 0 Å². The van der Waals surface area contributed by atoms with Gasteiger partial charge in [0.1, 0.15) is 6.54 Å². The highest BCUT2D eigenvalue weighted by atomic mass is 16.5. The molecule has 0 aromatic heterocycles. The van der Waals surface area contributed by atoms with E-state index in [4.69, 9.17) is 0 Å². The van der Waals surface area contributed by atoms with Crippen molar-refractivity contribution >= 4 is 11.9 Å². The Morgan fingerprint density at radius 1 is 1.29 bits per heavy atom. The maximum Gasteiger partial charge on any atom is 0.325 e. The molecule has 0 aromatic carbocycles. The normalized spacial score (nSPS) is 10.5. The van der Waals surface area contributed by atoms with Crippen LogP contribution in [0.25, 0.3) is 0 Å². The van der Waals surface area contributed by atoms with Gasteiger partial charge in [-0.3, -0.25) is 9.59 Å². The Kier molecular flexibility index (Phi) is 8.37. The highest BCUT2D eigenvalue weighted by molar-refractivity contribution is 5.82. The standard InChI is InChI=1S/C13H19NO3/c1-4-7-11(5-2)8-9-12(15)14-10-13(16)17-6-3/h4-5,7H,1-2,6,8-10H2,3H3,(H,14,15)/b11-7+. The maximum absolute atomic E-state index is 11.4. The smallest absolute Gasteiger partial charge is 0.325 e. The second-order valence-corrected chi connectivity index (χ2v) is 3.26. The van der Waals surface area contributed by atoms with Gasteiger partial charge in [0, 0.05) is 6.42 Å². The molecule has 0 aliphatic rings. The highest BCUT2D eigenvalue weighted by Crippen LogP contribution is 2.05. The molecule has 0 rings (SSSR count). The number of amides is 1. The SMILES string of the molecule is C=C/C=C(\C=C)CCC(=O)NCC(=O)OCC. The zero-order valence-corrected chi connectivity index (χ0v) is 10.2. The number of allylic oxidation sites excluding steroid dienone is 4. The van der Waals surface area contributed by atoms with E-state index in [9.17, 15) is 9.59 Å². The maximum atomic E-state index is 11.4. The summed E-state index contributed by atoms with van der Waals surface area (Å²) < 4.78 is 4.68. The van der Waals surface area contributed by atoms with Crippen molar-refractivity contribution in [2.45, 2.75) is 19.8 Å². The van der Waals surface area contributed by atoms with E-state index < -0.39 is 5.97 Å². The van der Waals surface area contributed by atoms with Crippen molar-refractivity contribution in [3.8, 4) is 0 Å². The molecule has 0 unspecified atom stereocenters. The summed E-state index contributed by atoms with van der Waals surface area (Å²) in [5.74, 6) is -0.610. The Morgan fingerprint density at radius 3 is 2.53 bits per heavy atom. The number of carbonyl (C=O) groups is 2. The summed E-state index contributed by atoms with van der Waals surface area (Å²) in [6.07, 6.45) is 6.01. The summed E-state index contributed by atoms with van der Waals surface area (Å²) in [4.78, 5) is 22.3. The van der Waals surface area contributed by atoms with Crippen LogP contribution >= 0.6 is 0 Å². The predicted octanol–water partition coefficient (Wildman–Crippen LogP) is 1.74. The van der Waals surface area contributed by atoms with Crippen LogP contribution in [0.4, 0.5) is 0 Å². The van der Waals surface area contributed by atoms with Crippen LogP contribution in [0.3, 0.4) is 0 Å². The second kappa shape index (κ2) is 9.39. The molecule has 0 saturated heterocycles. The number of ether oxygens (including phenoxy) is 1. The van der Waals surface area contributed by atoms with Crippen LogP contribution in [0.2, 0.25) is 0 Å². The predicted molar refractivity (Wildman–Crippen MR) is 67.4 cm³/mol. The molecule has 94 valence electrons. The minimum Gasteiger partial charge on any atom is -0.465 e. The molecule has 17 heavy (non-hydrogen) atoms. The fourth-order valence-corrected chi connectivity index (χ4v) is 1.13. The van der Waals surface area contributed by atoms with Gasteiger partial charge in [-0.05, 0) is 18.9 Å². The molecule has 0 heterocycles. The van der Waals surface area contributed by atoms with Crippen LogP contribution in [-0.2, 0) is 14.3 Å². The topological polar surface area (TPSA) is 55.4 Å². The molecule has 1 amide bonds. The van der Waals surface area contributed by atoms with E-state index in [-0.39, 0.29) is 12.5 Å². The molecule has 4 heteroatoms. The van der Waals surface area contributed by atoms with E-state index in [0.717, 1.165) is 5.57 Å². The van der Waals surface area contributed by atoms with Crippen molar-refractivity contribution in [3.63, 3.8) is 0 Å². The van der Waals surface area contributed by atoms with Crippen molar-refractivity contribution in [2.75, 3.05) is 13.2 Å². The first kappa shape index (κ1) is 15.2. The van der Waals surface area contributed by atoms with E-state index in [1.165, 1.54) is 0 Å². The van der Waals surface area contributed by atoms with Gasteiger partial charge in [0.2, 0.25) is 5.91 Å². The van der Waals surface area contributed by atoms with Crippen molar-refractivity contribution in [1.82, 2.24) is 5.32 Å². The summed E-state index contributed by atoms with van der Waals surface area (Å²) in [5.41, 5.74) is 0.936. The fraction of sp³-hybridized carbons (Fsp3) is 0.385. The number of rotatable bonds is 8. The van der Waals surface area contributed by atoms with Gasteiger partial charge >= 0.3 is 5.97 Å². The van der Waals surface area contributed by atoms with E-state index in [1.807, 2.05) is 0 Å². The fourth-order valence-electron chi connectivity index (χ4n) is 1.13. The van der Waals surface area contributed by atoms with Crippen molar-refractivity contribution in [3.05, 3.63) is 37.0 Å². The summed E-state index contributed by atoms with van der Waals surface area (Å²) in [6, 6.07) is 0. The minimum atomic E-state index is -0.425. The van der Waals surface area contributed by atoms with Crippen LogP contribution < -0.4 is 5.32 Å². The Balaban J connectivity index is 3.87. The number of hydrogen-bond donors (Lipinski definition) is 1. The van der Waals surface area contributed by atoms with Crippen LogP contribution in [0.15, 0.2) is 37.0 Å². The lowest BCUT2D eigenvalue weighted by Gasteiger charge is -2.05. The highest BCUT2D eigenvalue weighted by Gasteiger charge is 2.05. The monoisotopic (exact) mass is 237 g/mol. The van der Waals surface area contributed by atoms with Crippen molar-refractivity contribution < 1.29 is 14.3 Å². The second-order valence-electron chi connectivity index (χ2n) is 3.26. The van der Waals surface area contributed by atoms with Gasteiger partial charge in [-0.25, -0.2) is 0 Å². The third-order valence-electron chi connectivity index (χ3n) is 1.97. The minimum absolute atomic E-state index is 0.0821. The lowest BCUT2D eigenvalue weighted by atomic mass is 10.1. The molecular weight excluding hydrogens is 218 g/mol. The largest absolute Gasteiger partial charge is 0.465 e. The Labute approximate surface area is 102 Å². The van der Waals surface area contributed by atoms with Gasteiger partial charge < -0.3 is 10.1 Å². The third kappa shape index (κ3) is 8.02. The average Bonchev–Trinajstić information content (AvgIpc) is 2.32. The van der Waals surface area contributed by atoms with Crippen LogP contribution in [0.5, 0.6) is 0 Å². The molecular formula is C13H19NO3. The molecule has 0 aliphatic heterocycles. The number of esters is 1. The molecule has 0 aliphatic carbocycles. The zero-order chi connectivity index (χ0) is 13.1. The van der Waals surface area contributed by atoms with E-state index in [2.05, 4.69) is 23.2 Å². The molecule has 0 fully saturated rings. The molecule has 0 aromatic rings. The number of hydrogen-bond acceptors (Lipinski definition) is 3. The first-order valence-corrected chi connectivity index (χ1v) is 5.50. The Bertz CT molecular complexity index is 319. The molecule has 0 radical (unpaired) electrons. The Morgan fingerprint density at radius 2 is 2.00 bits per heavy atom. The summed E-state index contributed by atoms with van der Waals surface area (Å²) in [5, 5.41) is 2.49. The van der Waals surface area contributed by atoms with E-state index in [1.54, 1.807) is 25.2 Å². The van der Waals surface area contributed by atoms with Gasteiger partial charge in [-0.1, -0.05) is 31.4 Å². The van der Waals surface area contributed by atoms with Crippen LogP contribution in [0.1, 0.15) is 19.8 Å². The molecule has 0 saturated carbocycles. The van der Waals surface area contributed by atoms with Crippen LogP contribution in [-0.4, -0.2) is 25.0 Å². The summed E-state index contributed by atoms with van der Waals surface area (Å²) in [6.45, 7) is 9.16. The van der Waals surface area contributed by atoms with Crippen molar-refractivity contribution in [1.29, 1.82) is 0 Å². The van der Waals surface area contributed by atoms with Gasteiger partial charge in [0.15, 0.2) is 0 Å². The number of nitrogens with one attached hydrogen (secondary N) is 1. The molecule has 4 nitrogen and oxygen atoms in total. The third-order valence-corrected chi connectivity index (χ3v) is 1.97. The molecule has 0 atom stereocenters. The Hall–Kier alpha value is -1.84. The van der Waals surface area contributed by atoms with Gasteiger partial charge in [0.05, 0.1) is 6.61 Å². The summed E-state index contributed by atoms with van der Waals surface area (Å²) in [7, 11) is 0. The molecule has 0 spiro atoms. The van der Waals surface area contributed by atoms with Gasteiger partial charge in [-0.15, -0.1) is 0 Å². The number of carbonyl (C=O) groups excluding carboxylic acids is 2. The molecule has 0 bridgehead atoms.